The van der Waals surface area contributed by atoms with Crippen LogP contribution in [0.15, 0.2) is 54.9 Å². The van der Waals surface area contributed by atoms with Crippen molar-refractivity contribution < 1.29 is 14.3 Å². The predicted molar refractivity (Wildman–Crippen MR) is 117 cm³/mol. The number of esters is 1. The number of rotatable bonds is 6. The van der Waals surface area contributed by atoms with Crippen molar-refractivity contribution in [3.05, 3.63) is 71.0 Å². The van der Waals surface area contributed by atoms with Crippen LogP contribution >= 0.6 is 11.6 Å². The van der Waals surface area contributed by atoms with E-state index in [9.17, 15) is 9.59 Å². The molecule has 3 aromatic rings. The topological polar surface area (TPSA) is 93.5 Å². The van der Waals surface area contributed by atoms with Crippen molar-refractivity contribution in [2.45, 2.75) is 13.0 Å². The third-order valence-electron chi connectivity index (χ3n) is 5.39. The van der Waals surface area contributed by atoms with Gasteiger partial charge in [-0.1, -0.05) is 35.9 Å². The van der Waals surface area contributed by atoms with E-state index in [2.05, 4.69) is 15.5 Å². The number of para-hydroxylation sites is 1. The number of nitrogens with zero attached hydrogens (tertiary/aromatic N) is 6. The van der Waals surface area contributed by atoms with Crippen LogP contribution in [-0.2, 0) is 9.53 Å². The summed E-state index contributed by atoms with van der Waals surface area (Å²) in [5, 5.41) is 11.8. The van der Waals surface area contributed by atoms with E-state index in [1.807, 2.05) is 29.2 Å². The number of benzene rings is 2. The van der Waals surface area contributed by atoms with E-state index in [0.717, 1.165) is 5.56 Å². The Morgan fingerprint density at radius 1 is 1.06 bits per heavy atom. The van der Waals surface area contributed by atoms with Gasteiger partial charge in [0, 0.05) is 31.2 Å². The second-order valence-corrected chi connectivity index (χ2v) is 7.74. The fourth-order valence-corrected chi connectivity index (χ4v) is 3.97. The maximum atomic E-state index is 13.3. The molecule has 0 spiro atoms. The van der Waals surface area contributed by atoms with Gasteiger partial charge in [-0.2, -0.15) is 4.68 Å². The highest BCUT2D eigenvalue weighted by molar-refractivity contribution is 6.30. The minimum atomic E-state index is -0.544. The summed E-state index contributed by atoms with van der Waals surface area (Å²) >= 11 is 6.02. The van der Waals surface area contributed by atoms with Gasteiger partial charge < -0.3 is 9.64 Å². The third kappa shape index (κ3) is 4.63. The van der Waals surface area contributed by atoms with Gasteiger partial charge >= 0.3 is 5.97 Å². The number of amides is 1. The summed E-state index contributed by atoms with van der Waals surface area (Å²) in [6, 6.07) is 13.9. The first-order valence-corrected chi connectivity index (χ1v) is 10.7. The predicted octanol–water partition coefficient (Wildman–Crippen LogP) is 2.38. The van der Waals surface area contributed by atoms with Crippen LogP contribution in [0.5, 0.6) is 0 Å². The van der Waals surface area contributed by atoms with Gasteiger partial charge in [0.2, 0.25) is 0 Å². The van der Waals surface area contributed by atoms with Crippen LogP contribution in [0.1, 0.15) is 28.9 Å². The molecule has 0 saturated carbocycles. The summed E-state index contributed by atoms with van der Waals surface area (Å²) in [6.45, 7) is 4.11. The summed E-state index contributed by atoms with van der Waals surface area (Å²) in [7, 11) is 0. The monoisotopic (exact) mass is 454 g/mol. The number of aromatic nitrogens is 4. The molecule has 166 valence electrons. The second kappa shape index (κ2) is 9.88. The fraction of sp³-hybridized carbons (Fsp3) is 0.318. The van der Waals surface area contributed by atoms with E-state index in [1.165, 1.54) is 11.0 Å². The van der Waals surface area contributed by atoms with Gasteiger partial charge in [-0.3, -0.25) is 9.69 Å². The van der Waals surface area contributed by atoms with Crippen molar-refractivity contribution in [1.82, 2.24) is 30.0 Å². The molecule has 2 heterocycles. The van der Waals surface area contributed by atoms with Gasteiger partial charge in [0.05, 0.1) is 17.9 Å². The van der Waals surface area contributed by atoms with E-state index in [1.54, 1.807) is 36.1 Å². The molecule has 1 unspecified atom stereocenters. The van der Waals surface area contributed by atoms with Gasteiger partial charge in [0.25, 0.3) is 5.91 Å². The maximum absolute atomic E-state index is 13.3. The average molecular weight is 455 g/mol. The minimum Gasteiger partial charge on any atom is -0.465 e. The minimum absolute atomic E-state index is 0.102. The van der Waals surface area contributed by atoms with Crippen LogP contribution < -0.4 is 0 Å². The molecule has 1 atom stereocenters. The van der Waals surface area contributed by atoms with Crippen LogP contribution in [0.4, 0.5) is 0 Å². The zero-order chi connectivity index (χ0) is 22.5. The molecule has 0 N–H and O–H groups in total. The molecule has 1 aliphatic heterocycles. The van der Waals surface area contributed by atoms with Crippen LogP contribution in [0.2, 0.25) is 5.02 Å². The Labute approximate surface area is 190 Å². The summed E-state index contributed by atoms with van der Waals surface area (Å²) in [5.74, 6) is -0.409. The number of piperazine rings is 1. The lowest BCUT2D eigenvalue weighted by Gasteiger charge is -2.38. The number of hydrogen-bond acceptors (Lipinski definition) is 7. The molecular formula is C22H23ClN6O3. The Balaban J connectivity index is 1.50. The molecule has 0 bridgehead atoms. The number of tetrazole rings is 1. The number of halogens is 1. The summed E-state index contributed by atoms with van der Waals surface area (Å²) in [6.07, 6.45) is 1.46. The van der Waals surface area contributed by atoms with Gasteiger partial charge in [0.15, 0.2) is 0 Å². The highest BCUT2D eigenvalue weighted by atomic mass is 35.5. The summed E-state index contributed by atoms with van der Waals surface area (Å²) in [4.78, 5) is 29.8. The van der Waals surface area contributed by atoms with Crippen LogP contribution in [0.3, 0.4) is 0 Å². The average Bonchev–Trinajstić information content (AvgIpc) is 3.36. The van der Waals surface area contributed by atoms with E-state index in [0.29, 0.717) is 49.1 Å². The highest BCUT2D eigenvalue weighted by Crippen LogP contribution is 2.26. The molecular weight excluding hydrogens is 432 g/mol. The number of carbonyl (C=O) groups is 2. The molecule has 4 rings (SSSR count). The number of carbonyl (C=O) groups excluding carboxylic acids is 2. The molecule has 1 aromatic heterocycles. The first-order valence-electron chi connectivity index (χ1n) is 10.4. The molecule has 10 heteroatoms. The molecule has 1 saturated heterocycles. The van der Waals surface area contributed by atoms with E-state index >= 15 is 0 Å². The Bertz CT molecular complexity index is 1070. The molecule has 2 aromatic carbocycles. The summed E-state index contributed by atoms with van der Waals surface area (Å²) in [5.41, 5.74) is 1.96. The van der Waals surface area contributed by atoms with Crippen LogP contribution in [0.25, 0.3) is 5.69 Å². The van der Waals surface area contributed by atoms with Crippen LogP contribution in [-0.4, -0.2) is 74.7 Å². The molecule has 1 fully saturated rings. The smallest absolute Gasteiger partial charge is 0.328 e. The lowest BCUT2D eigenvalue weighted by Crippen LogP contribution is -2.51. The van der Waals surface area contributed by atoms with Crippen molar-refractivity contribution in [1.29, 1.82) is 0 Å². The molecule has 1 aliphatic rings. The fourth-order valence-electron chi connectivity index (χ4n) is 3.84. The Morgan fingerprint density at radius 2 is 1.78 bits per heavy atom. The lowest BCUT2D eigenvalue weighted by molar-refractivity contribution is -0.150. The zero-order valence-corrected chi connectivity index (χ0v) is 18.4. The van der Waals surface area contributed by atoms with Crippen molar-refractivity contribution in [3.8, 4) is 5.69 Å². The largest absolute Gasteiger partial charge is 0.465 e. The van der Waals surface area contributed by atoms with Gasteiger partial charge in [-0.25, -0.2) is 4.79 Å². The standard InChI is InChI=1S/C22H23ClN6O3/c1-2-32-22(31)20(16-7-9-17(23)10-8-16)27-11-13-28(14-12-27)21(30)18-5-3-4-6-19(18)29-15-24-25-26-29/h3-10,15,20H,2,11-14H2,1H3. The number of hydrogen-bond donors (Lipinski definition) is 0. The van der Waals surface area contributed by atoms with Crippen molar-refractivity contribution in [2.24, 2.45) is 0 Å². The molecule has 9 nitrogen and oxygen atoms in total. The quantitative estimate of drug-likeness (QED) is 0.528. The lowest BCUT2D eigenvalue weighted by atomic mass is 10.0. The van der Waals surface area contributed by atoms with Crippen molar-refractivity contribution in [3.63, 3.8) is 0 Å². The first kappa shape index (κ1) is 21.9. The normalized spacial score (nSPS) is 15.4. The Kier molecular flexibility index (Phi) is 6.77. The van der Waals surface area contributed by atoms with Crippen LogP contribution in [0, 0.1) is 0 Å². The molecule has 32 heavy (non-hydrogen) atoms. The van der Waals surface area contributed by atoms with Gasteiger partial charge in [-0.15, -0.1) is 5.10 Å². The maximum Gasteiger partial charge on any atom is 0.328 e. The van der Waals surface area contributed by atoms with Crippen molar-refractivity contribution in [2.75, 3.05) is 32.8 Å². The van der Waals surface area contributed by atoms with E-state index in [4.69, 9.17) is 16.3 Å². The zero-order valence-electron chi connectivity index (χ0n) is 17.6. The van der Waals surface area contributed by atoms with Gasteiger partial charge in [0.1, 0.15) is 12.4 Å². The number of ether oxygens (including phenoxy) is 1. The second-order valence-electron chi connectivity index (χ2n) is 7.31. The van der Waals surface area contributed by atoms with Gasteiger partial charge in [-0.05, 0) is 47.2 Å². The molecule has 0 radical (unpaired) electrons. The molecule has 0 aliphatic carbocycles. The first-order chi connectivity index (χ1) is 15.6. The van der Waals surface area contributed by atoms with E-state index in [-0.39, 0.29) is 11.9 Å². The van der Waals surface area contributed by atoms with Crippen molar-refractivity contribution >= 4 is 23.5 Å². The van der Waals surface area contributed by atoms with E-state index < -0.39 is 6.04 Å². The third-order valence-corrected chi connectivity index (χ3v) is 5.64. The summed E-state index contributed by atoms with van der Waals surface area (Å²) < 4.78 is 6.80. The Morgan fingerprint density at radius 3 is 2.44 bits per heavy atom. The Hall–Kier alpha value is -3.30. The molecule has 1 amide bonds. The highest BCUT2D eigenvalue weighted by Gasteiger charge is 2.33. The SMILES string of the molecule is CCOC(=O)C(c1ccc(Cl)cc1)N1CCN(C(=O)c2ccccc2-n2cnnn2)CC1.